The summed E-state index contributed by atoms with van der Waals surface area (Å²) >= 11 is 0. The lowest BCUT2D eigenvalue weighted by Gasteiger charge is -2.27. The van der Waals surface area contributed by atoms with Gasteiger partial charge in [-0.1, -0.05) is 39.0 Å². The van der Waals surface area contributed by atoms with Gasteiger partial charge in [-0.15, -0.1) is 0 Å². The van der Waals surface area contributed by atoms with E-state index in [1.165, 1.54) is 26.4 Å². The van der Waals surface area contributed by atoms with E-state index in [2.05, 4.69) is 4.74 Å². The summed E-state index contributed by atoms with van der Waals surface area (Å²) in [7, 11) is 1.37. The highest BCUT2D eigenvalue weighted by atomic mass is 16.5. The minimum absolute atomic E-state index is 0.0969. The van der Waals surface area contributed by atoms with Gasteiger partial charge in [-0.2, -0.15) is 0 Å². The van der Waals surface area contributed by atoms with Gasteiger partial charge in [-0.05, 0) is 19.3 Å². The number of carbonyl (C=O) groups is 2. The first-order chi connectivity index (χ1) is 9.19. The van der Waals surface area contributed by atoms with Gasteiger partial charge in [0.05, 0.1) is 7.11 Å². The van der Waals surface area contributed by atoms with E-state index in [1.54, 1.807) is 4.90 Å². The second kappa shape index (κ2) is 8.94. The second-order valence-electron chi connectivity index (χ2n) is 5.38. The van der Waals surface area contributed by atoms with E-state index in [0.29, 0.717) is 6.54 Å². The summed E-state index contributed by atoms with van der Waals surface area (Å²) in [5, 5.41) is 0. The SMILES string of the molecule is CCCN(CC(=O)OC)C(=O)C1CCCCCCC1. The Hall–Kier alpha value is -1.06. The molecule has 0 saturated heterocycles. The van der Waals surface area contributed by atoms with Crippen molar-refractivity contribution in [1.29, 1.82) is 0 Å². The Bertz CT molecular complexity index is 283. The lowest BCUT2D eigenvalue weighted by molar-refractivity contribution is -0.148. The molecular weight excluding hydrogens is 242 g/mol. The number of amides is 1. The zero-order valence-electron chi connectivity index (χ0n) is 12.3. The van der Waals surface area contributed by atoms with Crippen LogP contribution in [0.4, 0.5) is 0 Å². The minimum atomic E-state index is -0.326. The average molecular weight is 269 g/mol. The summed E-state index contributed by atoms with van der Waals surface area (Å²) in [4.78, 5) is 25.6. The van der Waals surface area contributed by atoms with E-state index in [1.807, 2.05) is 6.92 Å². The molecule has 4 heteroatoms. The van der Waals surface area contributed by atoms with Crippen LogP contribution in [-0.2, 0) is 14.3 Å². The van der Waals surface area contributed by atoms with Gasteiger partial charge in [0.2, 0.25) is 5.91 Å². The number of rotatable bonds is 5. The number of carbonyl (C=O) groups excluding carboxylic acids is 2. The Balaban J connectivity index is 2.59. The topological polar surface area (TPSA) is 46.6 Å². The van der Waals surface area contributed by atoms with Crippen LogP contribution >= 0.6 is 0 Å². The molecule has 1 rings (SSSR count). The number of nitrogens with zero attached hydrogens (tertiary/aromatic N) is 1. The molecule has 0 N–H and O–H groups in total. The summed E-state index contributed by atoms with van der Waals surface area (Å²) in [5.41, 5.74) is 0. The Morgan fingerprint density at radius 2 is 1.68 bits per heavy atom. The number of methoxy groups -OCH3 is 1. The molecule has 0 radical (unpaired) electrons. The molecule has 0 aromatic heterocycles. The van der Waals surface area contributed by atoms with Gasteiger partial charge >= 0.3 is 5.97 Å². The summed E-state index contributed by atoms with van der Waals surface area (Å²) in [6.45, 7) is 2.76. The summed E-state index contributed by atoms with van der Waals surface area (Å²) in [5.74, 6) is -0.0710. The third kappa shape index (κ3) is 5.62. The van der Waals surface area contributed by atoms with Crippen molar-refractivity contribution in [1.82, 2.24) is 4.90 Å². The molecule has 1 amide bonds. The normalized spacial score (nSPS) is 17.4. The second-order valence-corrected chi connectivity index (χ2v) is 5.38. The van der Waals surface area contributed by atoms with Crippen molar-refractivity contribution in [3.8, 4) is 0 Å². The Labute approximate surface area is 116 Å². The largest absolute Gasteiger partial charge is 0.468 e. The maximum absolute atomic E-state index is 12.5. The summed E-state index contributed by atoms with van der Waals surface area (Å²) < 4.78 is 4.68. The number of hydrogen-bond donors (Lipinski definition) is 0. The third-order valence-electron chi connectivity index (χ3n) is 3.81. The molecule has 0 aliphatic heterocycles. The highest BCUT2D eigenvalue weighted by Crippen LogP contribution is 2.24. The molecule has 0 unspecified atom stereocenters. The van der Waals surface area contributed by atoms with Gasteiger partial charge in [0, 0.05) is 12.5 Å². The van der Waals surface area contributed by atoms with Crippen LogP contribution in [0, 0.1) is 5.92 Å². The predicted molar refractivity (Wildman–Crippen MR) is 74.7 cm³/mol. The van der Waals surface area contributed by atoms with Crippen LogP contribution in [0.2, 0.25) is 0 Å². The molecule has 1 aliphatic rings. The van der Waals surface area contributed by atoms with E-state index in [4.69, 9.17) is 0 Å². The van der Waals surface area contributed by atoms with E-state index < -0.39 is 0 Å². The Morgan fingerprint density at radius 3 is 2.21 bits per heavy atom. The molecule has 110 valence electrons. The van der Waals surface area contributed by atoms with Crippen molar-refractivity contribution >= 4 is 11.9 Å². The zero-order chi connectivity index (χ0) is 14.1. The molecule has 0 aromatic carbocycles. The molecule has 0 heterocycles. The van der Waals surface area contributed by atoms with E-state index in [9.17, 15) is 9.59 Å². The first kappa shape index (κ1) is 16.0. The molecule has 4 nitrogen and oxygen atoms in total. The fraction of sp³-hybridized carbons (Fsp3) is 0.867. The Morgan fingerprint density at radius 1 is 1.11 bits per heavy atom. The fourth-order valence-electron chi connectivity index (χ4n) is 2.72. The van der Waals surface area contributed by atoms with Crippen molar-refractivity contribution in [3.63, 3.8) is 0 Å². The maximum atomic E-state index is 12.5. The molecular formula is C15H27NO3. The first-order valence-electron chi connectivity index (χ1n) is 7.54. The van der Waals surface area contributed by atoms with Crippen molar-refractivity contribution in [2.75, 3.05) is 20.2 Å². The fourth-order valence-corrected chi connectivity index (χ4v) is 2.72. The predicted octanol–water partition coefficient (Wildman–Crippen LogP) is 2.76. The van der Waals surface area contributed by atoms with Crippen molar-refractivity contribution in [3.05, 3.63) is 0 Å². The highest BCUT2D eigenvalue weighted by Gasteiger charge is 2.25. The van der Waals surface area contributed by atoms with Gasteiger partial charge in [0.1, 0.15) is 6.54 Å². The van der Waals surface area contributed by atoms with Crippen LogP contribution in [0.25, 0.3) is 0 Å². The molecule has 0 atom stereocenters. The van der Waals surface area contributed by atoms with Crippen molar-refractivity contribution in [2.24, 2.45) is 5.92 Å². The van der Waals surface area contributed by atoms with Crippen molar-refractivity contribution in [2.45, 2.75) is 58.3 Å². The highest BCUT2D eigenvalue weighted by molar-refractivity contribution is 5.83. The van der Waals surface area contributed by atoms with Gasteiger partial charge in [-0.25, -0.2) is 0 Å². The van der Waals surface area contributed by atoms with Crippen LogP contribution < -0.4 is 0 Å². The number of ether oxygens (including phenoxy) is 1. The first-order valence-corrected chi connectivity index (χ1v) is 7.54. The van der Waals surface area contributed by atoms with E-state index >= 15 is 0 Å². The minimum Gasteiger partial charge on any atom is -0.468 e. The van der Waals surface area contributed by atoms with Crippen LogP contribution in [-0.4, -0.2) is 37.0 Å². The van der Waals surface area contributed by atoms with E-state index in [-0.39, 0.29) is 24.3 Å². The molecule has 1 fully saturated rings. The smallest absolute Gasteiger partial charge is 0.325 e. The lowest BCUT2D eigenvalue weighted by Crippen LogP contribution is -2.40. The van der Waals surface area contributed by atoms with E-state index in [0.717, 1.165) is 32.1 Å². The van der Waals surface area contributed by atoms with Gasteiger partial charge < -0.3 is 9.64 Å². The average Bonchev–Trinajstić information content (AvgIpc) is 2.37. The zero-order valence-corrected chi connectivity index (χ0v) is 12.3. The lowest BCUT2D eigenvalue weighted by atomic mass is 9.90. The third-order valence-corrected chi connectivity index (χ3v) is 3.81. The standard InChI is InChI=1S/C15H27NO3/c1-3-11-16(12-14(17)19-2)15(18)13-9-7-5-4-6-8-10-13/h13H,3-12H2,1-2H3. The van der Waals surface area contributed by atoms with Crippen LogP contribution in [0.5, 0.6) is 0 Å². The molecule has 0 bridgehead atoms. The van der Waals surface area contributed by atoms with Crippen LogP contribution in [0.15, 0.2) is 0 Å². The summed E-state index contributed by atoms with van der Waals surface area (Å²) in [6.07, 6.45) is 8.84. The van der Waals surface area contributed by atoms with Gasteiger partial charge in [-0.3, -0.25) is 9.59 Å². The van der Waals surface area contributed by atoms with Crippen LogP contribution in [0.1, 0.15) is 58.3 Å². The Kier molecular flexibility index (Phi) is 7.53. The molecule has 1 aliphatic carbocycles. The van der Waals surface area contributed by atoms with Crippen molar-refractivity contribution < 1.29 is 14.3 Å². The maximum Gasteiger partial charge on any atom is 0.325 e. The summed E-state index contributed by atoms with van der Waals surface area (Å²) in [6, 6.07) is 0. The quantitative estimate of drug-likeness (QED) is 0.721. The van der Waals surface area contributed by atoms with Gasteiger partial charge in [0.15, 0.2) is 0 Å². The van der Waals surface area contributed by atoms with Crippen LogP contribution in [0.3, 0.4) is 0 Å². The molecule has 19 heavy (non-hydrogen) atoms. The number of hydrogen-bond acceptors (Lipinski definition) is 3. The molecule has 0 spiro atoms. The monoisotopic (exact) mass is 269 g/mol. The van der Waals surface area contributed by atoms with Gasteiger partial charge in [0.25, 0.3) is 0 Å². The molecule has 0 aromatic rings. The molecule has 1 saturated carbocycles. The number of esters is 1.